The van der Waals surface area contributed by atoms with Crippen molar-refractivity contribution in [3.05, 3.63) is 65.5 Å². The van der Waals surface area contributed by atoms with Gasteiger partial charge < -0.3 is 9.47 Å². The third-order valence-corrected chi connectivity index (χ3v) is 3.07. The number of benzene rings is 2. The van der Waals surface area contributed by atoms with Gasteiger partial charge >= 0.3 is 5.97 Å². The van der Waals surface area contributed by atoms with Crippen molar-refractivity contribution < 1.29 is 23.5 Å². The summed E-state index contributed by atoms with van der Waals surface area (Å²) in [6, 6.07) is 12.4. The van der Waals surface area contributed by atoms with Crippen molar-refractivity contribution in [3.63, 3.8) is 0 Å². The normalized spacial score (nSPS) is 10.1. The van der Waals surface area contributed by atoms with E-state index in [1.165, 1.54) is 25.3 Å². The molecule has 0 aliphatic heterocycles. The molecule has 0 fully saturated rings. The molecule has 0 unspecified atom stereocenters. The lowest BCUT2D eigenvalue weighted by molar-refractivity contribution is -0.141. The molecule has 114 valence electrons. The average molecular weight is 302 g/mol. The summed E-state index contributed by atoms with van der Waals surface area (Å²) in [5, 5.41) is 0. The Bertz CT molecular complexity index is 665. The van der Waals surface area contributed by atoms with Crippen molar-refractivity contribution in [3.8, 4) is 5.75 Å². The molecule has 2 aromatic rings. The van der Waals surface area contributed by atoms with E-state index in [1.807, 2.05) is 0 Å². The Labute approximate surface area is 127 Å². The van der Waals surface area contributed by atoms with Gasteiger partial charge in [0.05, 0.1) is 13.5 Å². The predicted octanol–water partition coefficient (Wildman–Crippen LogP) is 2.80. The number of ketones is 1. The largest absolute Gasteiger partial charge is 0.497 e. The van der Waals surface area contributed by atoms with Crippen LogP contribution in [0.1, 0.15) is 15.9 Å². The molecule has 0 bridgehead atoms. The topological polar surface area (TPSA) is 52.6 Å². The summed E-state index contributed by atoms with van der Waals surface area (Å²) in [4.78, 5) is 23.5. The van der Waals surface area contributed by atoms with Gasteiger partial charge in [0, 0.05) is 5.56 Å². The summed E-state index contributed by atoms with van der Waals surface area (Å²) in [5.41, 5.74) is 0.656. The zero-order valence-corrected chi connectivity index (χ0v) is 12.0. The fourth-order valence-electron chi connectivity index (χ4n) is 1.85. The second kappa shape index (κ2) is 7.36. The Balaban J connectivity index is 1.87. The van der Waals surface area contributed by atoms with Crippen LogP contribution in [0.5, 0.6) is 5.75 Å². The number of hydrogen-bond donors (Lipinski definition) is 0. The van der Waals surface area contributed by atoms with Crippen molar-refractivity contribution in [1.82, 2.24) is 0 Å². The number of rotatable bonds is 6. The van der Waals surface area contributed by atoms with Crippen molar-refractivity contribution in [1.29, 1.82) is 0 Å². The lowest BCUT2D eigenvalue weighted by Crippen LogP contribution is -2.16. The quantitative estimate of drug-likeness (QED) is 0.608. The molecule has 0 heterocycles. The van der Waals surface area contributed by atoms with Crippen molar-refractivity contribution in [2.75, 3.05) is 13.7 Å². The Morgan fingerprint density at radius 3 is 2.36 bits per heavy atom. The van der Waals surface area contributed by atoms with Crippen LogP contribution in [0.3, 0.4) is 0 Å². The first kappa shape index (κ1) is 15.7. The van der Waals surface area contributed by atoms with E-state index in [4.69, 9.17) is 9.47 Å². The minimum absolute atomic E-state index is 0.206. The highest BCUT2D eigenvalue weighted by Crippen LogP contribution is 2.12. The van der Waals surface area contributed by atoms with Crippen LogP contribution in [-0.4, -0.2) is 25.5 Å². The Kier molecular flexibility index (Phi) is 5.25. The van der Waals surface area contributed by atoms with E-state index in [0.717, 1.165) is 0 Å². The van der Waals surface area contributed by atoms with E-state index >= 15 is 0 Å². The number of Topliss-reactive ketones (excluding diaryl/α,β-unsaturated/α-hetero) is 1. The molecule has 5 heteroatoms. The van der Waals surface area contributed by atoms with Crippen LogP contribution < -0.4 is 4.74 Å². The van der Waals surface area contributed by atoms with Crippen LogP contribution in [0.15, 0.2) is 48.5 Å². The Morgan fingerprint density at radius 1 is 1.05 bits per heavy atom. The minimum Gasteiger partial charge on any atom is -0.497 e. The number of methoxy groups -OCH3 is 1. The third kappa shape index (κ3) is 4.15. The van der Waals surface area contributed by atoms with Crippen molar-refractivity contribution >= 4 is 11.8 Å². The molecule has 4 nitrogen and oxygen atoms in total. The maximum atomic E-state index is 13.4. The van der Waals surface area contributed by atoms with E-state index < -0.39 is 11.8 Å². The molecule has 0 aromatic heterocycles. The lowest BCUT2D eigenvalue weighted by Gasteiger charge is -2.06. The smallest absolute Gasteiger partial charge is 0.310 e. The van der Waals surface area contributed by atoms with E-state index in [-0.39, 0.29) is 24.4 Å². The van der Waals surface area contributed by atoms with Gasteiger partial charge in [0.25, 0.3) is 0 Å². The number of carbonyl (C=O) groups is 2. The van der Waals surface area contributed by atoms with Gasteiger partial charge in [-0.2, -0.15) is 0 Å². The number of ether oxygens (including phenoxy) is 2. The van der Waals surface area contributed by atoms with Gasteiger partial charge in [-0.05, 0) is 35.9 Å². The maximum Gasteiger partial charge on any atom is 0.310 e. The standard InChI is InChI=1S/C17H15FO4/c1-21-14-8-6-12(7-9-14)16(19)11-22-17(20)10-13-4-2-3-5-15(13)18/h2-9H,10-11H2,1H3. The van der Waals surface area contributed by atoms with Gasteiger partial charge in [-0.1, -0.05) is 18.2 Å². The molecule has 0 saturated carbocycles. The first-order valence-corrected chi connectivity index (χ1v) is 6.66. The number of carbonyl (C=O) groups excluding carboxylic acids is 2. The summed E-state index contributed by atoms with van der Waals surface area (Å²) >= 11 is 0. The van der Waals surface area contributed by atoms with Gasteiger partial charge in [-0.15, -0.1) is 0 Å². The highest BCUT2D eigenvalue weighted by Gasteiger charge is 2.12. The van der Waals surface area contributed by atoms with E-state index in [1.54, 1.807) is 30.3 Å². The second-order valence-corrected chi connectivity index (χ2v) is 4.58. The fourth-order valence-corrected chi connectivity index (χ4v) is 1.85. The first-order chi connectivity index (χ1) is 10.6. The van der Waals surface area contributed by atoms with Gasteiger partial charge in [0.15, 0.2) is 12.4 Å². The molecule has 0 aliphatic carbocycles. The van der Waals surface area contributed by atoms with E-state index in [2.05, 4.69) is 0 Å². The van der Waals surface area contributed by atoms with Gasteiger partial charge in [-0.3, -0.25) is 9.59 Å². The minimum atomic E-state index is -0.646. The number of esters is 1. The van der Waals surface area contributed by atoms with Crippen LogP contribution in [0, 0.1) is 5.82 Å². The fraction of sp³-hybridized carbons (Fsp3) is 0.176. The molecule has 0 N–H and O–H groups in total. The van der Waals surface area contributed by atoms with E-state index in [0.29, 0.717) is 11.3 Å². The van der Waals surface area contributed by atoms with Gasteiger partial charge in [0.1, 0.15) is 11.6 Å². The van der Waals surface area contributed by atoms with Crippen molar-refractivity contribution in [2.24, 2.45) is 0 Å². The van der Waals surface area contributed by atoms with E-state index in [9.17, 15) is 14.0 Å². The third-order valence-electron chi connectivity index (χ3n) is 3.07. The van der Waals surface area contributed by atoms with Crippen molar-refractivity contribution in [2.45, 2.75) is 6.42 Å². The maximum absolute atomic E-state index is 13.4. The highest BCUT2D eigenvalue weighted by molar-refractivity contribution is 5.98. The summed E-state index contributed by atoms with van der Waals surface area (Å²) in [7, 11) is 1.53. The van der Waals surface area contributed by atoms with Crippen LogP contribution >= 0.6 is 0 Å². The predicted molar refractivity (Wildman–Crippen MR) is 78.4 cm³/mol. The summed E-state index contributed by atoms with van der Waals surface area (Å²) in [6.45, 7) is -0.375. The van der Waals surface area contributed by atoms with Crippen LogP contribution in [0.25, 0.3) is 0 Å². The molecule has 0 atom stereocenters. The highest BCUT2D eigenvalue weighted by atomic mass is 19.1. The van der Waals surface area contributed by atoms with Crippen LogP contribution in [-0.2, 0) is 16.0 Å². The lowest BCUT2D eigenvalue weighted by atomic mass is 10.1. The second-order valence-electron chi connectivity index (χ2n) is 4.58. The molecule has 22 heavy (non-hydrogen) atoms. The zero-order valence-electron chi connectivity index (χ0n) is 12.0. The van der Waals surface area contributed by atoms with Gasteiger partial charge in [0.2, 0.25) is 0 Å². The first-order valence-electron chi connectivity index (χ1n) is 6.66. The summed E-state index contributed by atoms with van der Waals surface area (Å²) in [6.07, 6.45) is -0.206. The molecular weight excluding hydrogens is 287 g/mol. The Hall–Kier alpha value is -2.69. The molecular formula is C17H15FO4. The molecule has 0 aliphatic rings. The summed E-state index contributed by atoms with van der Waals surface area (Å²) < 4.78 is 23.3. The molecule has 0 saturated heterocycles. The number of halogens is 1. The summed E-state index contributed by atoms with van der Waals surface area (Å²) in [5.74, 6) is -0.814. The molecule has 0 radical (unpaired) electrons. The monoisotopic (exact) mass is 302 g/mol. The van der Waals surface area contributed by atoms with Gasteiger partial charge in [-0.25, -0.2) is 4.39 Å². The SMILES string of the molecule is COc1ccc(C(=O)COC(=O)Cc2ccccc2F)cc1. The zero-order chi connectivity index (χ0) is 15.9. The van der Waals surface area contributed by atoms with Crippen LogP contribution in [0.2, 0.25) is 0 Å². The molecule has 0 amide bonds. The number of hydrogen-bond acceptors (Lipinski definition) is 4. The average Bonchev–Trinajstić information content (AvgIpc) is 2.55. The molecule has 2 aromatic carbocycles. The molecule has 2 rings (SSSR count). The molecule has 0 spiro atoms. The Morgan fingerprint density at radius 2 is 1.73 bits per heavy atom. The van der Waals surface area contributed by atoms with Crippen LogP contribution in [0.4, 0.5) is 4.39 Å².